The first-order valence-corrected chi connectivity index (χ1v) is 8.13. The summed E-state index contributed by atoms with van der Waals surface area (Å²) in [4.78, 5) is 42.1. The highest BCUT2D eigenvalue weighted by molar-refractivity contribution is 5.93. The van der Waals surface area contributed by atoms with Crippen molar-refractivity contribution in [1.29, 1.82) is 0 Å². The van der Waals surface area contributed by atoms with Crippen molar-refractivity contribution >= 4 is 18.0 Å². The summed E-state index contributed by atoms with van der Waals surface area (Å²) in [5, 5.41) is 0.880. The fourth-order valence-corrected chi connectivity index (χ4v) is 2.72. The molecule has 0 bridgehead atoms. The Morgan fingerprint density at radius 2 is 1.88 bits per heavy atom. The number of hydroxylamine groups is 2. The molecule has 1 aromatic rings. The van der Waals surface area contributed by atoms with Gasteiger partial charge in [0.05, 0.1) is 13.7 Å². The minimum atomic E-state index is -1.26. The van der Waals surface area contributed by atoms with Gasteiger partial charge in [-0.15, -0.1) is 5.06 Å². The summed E-state index contributed by atoms with van der Waals surface area (Å²) >= 11 is 0. The van der Waals surface area contributed by atoms with Crippen LogP contribution in [0.5, 0.6) is 0 Å². The highest BCUT2D eigenvalue weighted by Gasteiger charge is 2.53. The Hall–Kier alpha value is -2.83. The van der Waals surface area contributed by atoms with E-state index in [0.717, 1.165) is 5.06 Å². The summed E-state index contributed by atoms with van der Waals surface area (Å²) in [6, 6.07) is 8.82. The van der Waals surface area contributed by atoms with Gasteiger partial charge < -0.3 is 14.3 Å². The van der Waals surface area contributed by atoms with E-state index in [4.69, 9.17) is 9.57 Å². The molecule has 140 valence electrons. The van der Waals surface area contributed by atoms with Crippen LogP contribution >= 0.6 is 0 Å². The Bertz CT molecular complexity index is 721. The van der Waals surface area contributed by atoms with Crippen molar-refractivity contribution in [2.45, 2.75) is 38.2 Å². The molecule has 26 heavy (non-hydrogen) atoms. The molecular formula is C19H23NO6. The smallest absolute Gasteiger partial charge is 0.443 e. The molecule has 7 nitrogen and oxygen atoms in total. The standard InChI is InChI=1S/C19H23NO6/c1-13(15(21)24-5)11-19(14-9-7-6-8-10-14)12-20(26-16(19)22)17(23)25-18(2,3)4/h6-10H,1,11-12H2,2-5H3/t19-/m1/s1. The van der Waals surface area contributed by atoms with Gasteiger partial charge in [0.25, 0.3) is 0 Å². The van der Waals surface area contributed by atoms with Crippen LogP contribution in [0.3, 0.4) is 0 Å². The van der Waals surface area contributed by atoms with Crippen LogP contribution in [0.2, 0.25) is 0 Å². The average Bonchev–Trinajstić information content (AvgIpc) is 2.91. The van der Waals surface area contributed by atoms with Gasteiger partial charge in [-0.3, -0.25) is 0 Å². The number of nitrogens with zero attached hydrogens (tertiary/aromatic N) is 1. The predicted octanol–water partition coefficient (Wildman–Crippen LogP) is 2.75. The van der Waals surface area contributed by atoms with Gasteiger partial charge in [0, 0.05) is 12.0 Å². The van der Waals surface area contributed by atoms with Crippen LogP contribution < -0.4 is 0 Å². The van der Waals surface area contributed by atoms with Crippen LogP contribution in [0.1, 0.15) is 32.8 Å². The van der Waals surface area contributed by atoms with Crippen molar-refractivity contribution in [2.24, 2.45) is 0 Å². The lowest BCUT2D eigenvalue weighted by Crippen LogP contribution is -2.39. The number of hydrogen-bond donors (Lipinski definition) is 0. The van der Waals surface area contributed by atoms with E-state index in [0.29, 0.717) is 5.56 Å². The summed E-state index contributed by atoms with van der Waals surface area (Å²) < 4.78 is 9.95. The molecule has 7 heteroatoms. The summed E-state index contributed by atoms with van der Waals surface area (Å²) in [6.45, 7) is 8.75. The Morgan fingerprint density at radius 3 is 2.42 bits per heavy atom. The molecule has 1 aliphatic rings. The van der Waals surface area contributed by atoms with Crippen LogP contribution in [-0.2, 0) is 29.3 Å². The number of amides is 1. The molecule has 1 aromatic carbocycles. The fourth-order valence-electron chi connectivity index (χ4n) is 2.72. The highest BCUT2D eigenvalue weighted by Crippen LogP contribution is 2.38. The van der Waals surface area contributed by atoms with Gasteiger partial charge in [-0.25, -0.2) is 14.4 Å². The first-order valence-electron chi connectivity index (χ1n) is 8.13. The van der Waals surface area contributed by atoms with E-state index >= 15 is 0 Å². The van der Waals surface area contributed by atoms with Crippen molar-refractivity contribution in [1.82, 2.24) is 5.06 Å². The van der Waals surface area contributed by atoms with Crippen LogP contribution in [0.25, 0.3) is 0 Å². The topological polar surface area (TPSA) is 82.1 Å². The van der Waals surface area contributed by atoms with E-state index in [9.17, 15) is 14.4 Å². The van der Waals surface area contributed by atoms with Crippen LogP contribution in [0, 0.1) is 0 Å². The van der Waals surface area contributed by atoms with Gasteiger partial charge >= 0.3 is 18.0 Å². The molecule has 0 saturated carbocycles. The first-order chi connectivity index (χ1) is 12.1. The normalized spacial score (nSPS) is 19.7. The van der Waals surface area contributed by atoms with Crippen molar-refractivity contribution in [3.05, 3.63) is 48.0 Å². The van der Waals surface area contributed by atoms with Gasteiger partial charge in [-0.05, 0) is 26.3 Å². The number of benzene rings is 1. The third-order valence-electron chi connectivity index (χ3n) is 3.91. The molecular weight excluding hydrogens is 338 g/mol. The van der Waals surface area contributed by atoms with E-state index < -0.39 is 29.0 Å². The second-order valence-corrected chi connectivity index (χ2v) is 7.12. The van der Waals surface area contributed by atoms with E-state index in [1.807, 2.05) is 0 Å². The average molecular weight is 361 g/mol. The SMILES string of the molecule is C=C(C[C@]1(c2ccccc2)CN(C(=O)OC(C)(C)C)OC1=O)C(=O)OC. The van der Waals surface area contributed by atoms with Crippen LogP contribution in [0.15, 0.2) is 42.5 Å². The molecule has 0 spiro atoms. The molecule has 1 amide bonds. The largest absolute Gasteiger partial charge is 0.466 e. The maximum Gasteiger partial charge on any atom is 0.443 e. The second-order valence-electron chi connectivity index (χ2n) is 7.12. The van der Waals surface area contributed by atoms with Crippen molar-refractivity contribution in [3.8, 4) is 0 Å². The number of hydrogen-bond acceptors (Lipinski definition) is 6. The lowest BCUT2D eigenvalue weighted by molar-refractivity contribution is -0.167. The zero-order chi connectivity index (χ0) is 19.5. The molecule has 1 atom stereocenters. The summed E-state index contributed by atoms with van der Waals surface area (Å²) in [7, 11) is 1.24. The summed E-state index contributed by atoms with van der Waals surface area (Å²) in [5.41, 5.74) is -1.28. The molecule has 2 rings (SSSR count). The minimum absolute atomic E-state index is 0.0399. The van der Waals surface area contributed by atoms with Crippen LogP contribution in [0.4, 0.5) is 4.79 Å². The Balaban J connectivity index is 2.36. The summed E-state index contributed by atoms with van der Waals surface area (Å²) in [5.74, 6) is -1.27. The predicted molar refractivity (Wildman–Crippen MR) is 92.9 cm³/mol. The zero-order valence-corrected chi connectivity index (χ0v) is 15.4. The van der Waals surface area contributed by atoms with E-state index in [-0.39, 0.29) is 18.5 Å². The zero-order valence-electron chi connectivity index (χ0n) is 15.4. The number of ether oxygens (including phenoxy) is 2. The molecule has 0 aromatic heterocycles. The van der Waals surface area contributed by atoms with Crippen molar-refractivity contribution in [2.75, 3.05) is 13.7 Å². The van der Waals surface area contributed by atoms with Gasteiger partial charge in [-0.1, -0.05) is 36.9 Å². The monoisotopic (exact) mass is 361 g/mol. The van der Waals surface area contributed by atoms with E-state index in [2.05, 4.69) is 11.3 Å². The molecule has 1 aliphatic heterocycles. The summed E-state index contributed by atoms with van der Waals surface area (Å²) in [6.07, 6.45) is -0.811. The Morgan fingerprint density at radius 1 is 1.27 bits per heavy atom. The number of carbonyl (C=O) groups excluding carboxylic acids is 3. The fraction of sp³-hybridized carbons (Fsp3) is 0.421. The third kappa shape index (κ3) is 4.04. The van der Waals surface area contributed by atoms with E-state index in [1.165, 1.54) is 7.11 Å². The molecule has 0 radical (unpaired) electrons. The second kappa shape index (κ2) is 7.19. The first kappa shape index (κ1) is 19.5. The number of methoxy groups -OCH3 is 1. The van der Waals surface area contributed by atoms with Gasteiger partial charge in [0.1, 0.15) is 11.0 Å². The molecule has 1 heterocycles. The van der Waals surface area contributed by atoms with E-state index in [1.54, 1.807) is 51.1 Å². The number of carbonyl (C=O) groups is 3. The lowest BCUT2D eigenvalue weighted by atomic mass is 9.76. The molecule has 0 aliphatic carbocycles. The highest BCUT2D eigenvalue weighted by atomic mass is 16.8. The quantitative estimate of drug-likeness (QED) is 0.606. The van der Waals surface area contributed by atoms with Gasteiger partial charge in [0.15, 0.2) is 0 Å². The molecule has 0 unspecified atom stereocenters. The minimum Gasteiger partial charge on any atom is -0.466 e. The van der Waals surface area contributed by atoms with Crippen LogP contribution in [-0.4, -0.2) is 42.4 Å². The maximum atomic E-state index is 12.8. The number of esters is 1. The van der Waals surface area contributed by atoms with Crippen molar-refractivity contribution in [3.63, 3.8) is 0 Å². The van der Waals surface area contributed by atoms with Gasteiger partial charge in [-0.2, -0.15) is 0 Å². The molecule has 0 N–H and O–H groups in total. The lowest BCUT2D eigenvalue weighted by Gasteiger charge is -2.26. The molecule has 1 saturated heterocycles. The van der Waals surface area contributed by atoms with Gasteiger partial charge in [0.2, 0.25) is 0 Å². The number of rotatable bonds is 4. The molecule has 1 fully saturated rings. The van der Waals surface area contributed by atoms with Crippen molar-refractivity contribution < 1.29 is 28.7 Å². The Kier molecular flexibility index (Phi) is 5.39. The third-order valence-corrected chi connectivity index (χ3v) is 3.91. The Labute approximate surface area is 152 Å². The maximum absolute atomic E-state index is 12.8.